The van der Waals surface area contributed by atoms with Gasteiger partial charge in [0.1, 0.15) is 48.8 Å². The zero-order chi connectivity index (χ0) is 37.9. The summed E-state index contributed by atoms with van der Waals surface area (Å²) < 4.78 is 78.2. The first-order chi connectivity index (χ1) is 24.8. The van der Waals surface area contributed by atoms with E-state index >= 15 is 0 Å². The first kappa shape index (κ1) is 42.4. The second kappa shape index (κ2) is 18.9. The minimum absolute atomic E-state index is 0.246. The summed E-state index contributed by atoms with van der Waals surface area (Å²) >= 11 is 0. The number of hydrogen-bond donors (Lipinski definition) is 5. The first-order valence-corrected chi connectivity index (χ1v) is 18.2. The summed E-state index contributed by atoms with van der Waals surface area (Å²) in [4.78, 5) is 0. The Bertz CT molecular complexity index is 1070. The van der Waals surface area contributed by atoms with E-state index in [4.69, 9.17) is 61.6 Å². The molecule has 5 fully saturated rings. The van der Waals surface area contributed by atoms with Gasteiger partial charge in [-0.1, -0.05) is 0 Å². The van der Waals surface area contributed by atoms with Crippen LogP contribution in [0.4, 0.5) is 0 Å². The molecule has 0 amide bonds. The van der Waals surface area contributed by atoms with Crippen molar-refractivity contribution in [3.8, 4) is 0 Å². The lowest BCUT2D eigenvalue weighted by atomic mass is 9.97. The highest BCUT2D eigenvalue weighted by atomic mass is 16.8. The molecule has 0 unspecified atom stereocenters. The molecular formula is C34H60O18. The van der Waals surface area contributed by atoms with Crippen LogP contribution >= 0.6 is 0 Å². The van der Waals surface area contributed by atoms with Crippen LogP contribution in [0.3, 0.4) is 0 Å². The minimum atomic E-state index is -1.58. The van der Waals surface area contributed by atoms with Gasteiger partial charge in [-0.05, 0) is 27.7 Å². The lowest BCUT2D eigenvalue weighted by Crippen LogP contribution is -2.62. The maximum Gasteiger partial charge on any atom is 0.187 e. The van der Waals surface area contributed by atoms with Crippen molar-refractivity contribution >= 4 is 0 Å². The van der Waals surface area contributed by atoms with E-state index in [0.29, 0.717) is 12.8 Å². The fraction of sp³-hybridized carbons (Fsp3) is 1.00. The Hall–Kier alpha value is -0.720. The molecule has 0 saturated carbocycles. The van der Waals surface area contributed by atoms with Gasteiger partial charge in [-0.25, -0.2) is 0 Å². The lowest BCUT2D eigenvalue weighted by molar-refractivity contribution is -0.358. The van der Waals surface area contributed by atoms with E-state index in [-0.39, 0.29) is 25.0 Å². The topological polar surface area (TPSA) is 221 Å². The van der Waals surface area contributed by atoms with E-state index < -0.39 is 124 Å². The smallest absolute Gasteiger partial charge is 0.187 e. The van der Waals surface area contributed by atoms with E-state index in [9.17, 15) is 25.5 Å². The summed E-state index contributed by atoms with van der Waals surface area (Å²) in [5.41, 5.74) is 0. The summed E-state index contributed by atoms with van der Waals surface area (Å²) in [6, 6.07) is 0. The Balaban J connectivity index is 1.15. The molecule has 18 nitrogen and oxygen atoms in total. The molecule has 5 aliphatic heterocycles. The molecule has 0 spiro atoms. The van der Waals surface area contributed by atoms with Crippen molar-refractivity contribution in [1.29, 1.82) is 0 Å². The van der Waals surface area contributed by atoms with Crippen LogP contribution in [0.5, 0.6) is 0 Å². The van der Waals surface area contributed by atoms with Crippen LogP contribution in [0.25, 0.3) is 0 Å². The number of aliphatic hydroxyl groups is 5. The quantitative estimate of drug-likeness (QED) is 0.151. The van der Waals surface area contributed by atoms with Gasteiger partial charge in [-0.3, -0.25) is 0 Å². The molecule has 5 rings (SSSR count). The zero-order valence-corrected chi connectivity index (χ0v) is 31.2. The van der Waals surface area contributed by atoms with Crippen LogP contribution in [-0.4, -0.2) is 190 Å². The Morgan fingerprint density at radius 3 is 1.21 bits per heavy atom. The SMILES string of the molecule is CO[C@H]1C[C@H](O[C@@H]2[C@@H](C)O[C@@H](O[C@@H]3[C@@H](C)O[C@@H](O[C@H]4[C@@H](OC)C[C@H](O)O[C@@H]4C)C[C@H]3OC)C[C@H]2OC)O[C@H](C)[C@H]1O[C@@H]1O[C@H](CO)[C@@H](O)[C@H](O)[C@H]1O. The molecule has 5 saturated heterocycles. The zero-order valence-electron chi connectivity index (χ0n) is 31.2. The standard InChI is InChI=1S/C34H60O18/c1-14-30(18(40-5)9-23(36)44-14)49-24-10-19(41-6)31(15(2)45-24)50-25-11-20(42-7)32(16(3)46-25)51-26-12-21(43-8)33(17(4)47-26)52-34-29(39)28(38)27(37)22(13-35)48-34/h14-39H,9-13H2,1-8H3/t14-,15-,16-,17-,18+,19-,20-,21+,22-,23-,24+,25+,26+,27-,28+,29-,30-,31-,32-,33-,34+/m1/s1. The third-order valence-corrected chi connectivity index (χ3v) is 10.8. The molecule has 304 valence electrons. The van der Waals surface area contributed by atoms with Crippen molar-refractivity contribution in [3.63, 3.8) is 0 Å². The van der Waals surface area contributed by atoms with Crippen LogP contribution in [-0.2, 0) is 61.6 Å². The van der Waals surface area contributed by atoms with Gasteiger partial charge in [-0.15, -0.1) is 0 Å². The molecule has 0 aromatic heterocycles. The van der Waals surface area contributed by atoms with Crippen molar-refractivity contribution in [1.82, 2.24) is 0 Å². The average molecular weight is 757 g/mol. The highest BCUT2D eigenvalue weighted by Gasteiger charge is 2.50. The van der Waals surface area contributed by atoms with Crippen LogP contribution in [0.1, 0.15) is 53.4 Å². The molecule has 5 heterocycles. The minimum Gasteiger partial charge on any atom is -0.394 e. The van der Waals surface area contributed by atoms with E-state index in [1.165, 1.54) is 7.11 Å². The van der Waals surface area contributed by atoms with Crippen molar-refractivity contribution in [2.45, 2.75) is 182 Å². The predicted molar refractivity (Wildman–Crippen MR) is 174 cm³/mol. The number of hydrogen-bond acceptors (Lipinski definition) is 18. The normalized spacial score (nSPS) is 50.6. The molecule has 18 heteroatoms. The fourth-order valence-electron chi connectivity index (χ4n) is 7.85. The number of methoxy groups -OCH3 is 4. The first-order valence-electron chi connectivity index (χ1n) is 18.2. The molecule has 52 heavy (non-hydrogen) atoms. The predicted octanol–water partition coefficient (Wildman–Crippen LogP) is -1.08. The summed E-state index contributed by atoms with van der Waals surface area (Å²) in [5, 5.41) is 50.4. The van der Waals surface area contributed by atoms with Crippen LogP contribution < -0.4 is 0 Å². The molecule has 0 bridgehead atoms. The van der Waals surface area contributed by atoms with Crippen molar-refractivity contribution in [2.75, 3.05) is 35.0 Å². The molecular weight excluding hydrogens is 696 g/mol. The summed E-state index contributed by atoms with van der Waals surface area (Å²) in [6.07, 6.45) is -14.6. The van der Waals surface area contributed by atoms with Gasteiger partial charge >= 0.3 is 0 Å². The monoisotopic (exact) mass is 756 g/mol. The third kappa shape index (κ3) is 9.62. The van der Waals surface area contributed by atoms with Gasteiger partial charge < -0.3 is 87.1 Å². The lowest BCUT2D eigenvalue weighted by Gasteiger charge is -2.47. The van der Waals surface area contributed by atoms with E-state index in [1.807, 2.05) is 20.8 Å². The molecule has 5 N–H and O–H groups in total. The van der Waals surface area contributed by atoms with Gasteiger partial charge in [0.25, 0.3) is 0 Å². The van der Waals surface area contributed by atoms with Gasteiger partial charge in [-0.2, -0.15) is 0 Å². The molecule has 0 aliphatic carbocycles. The highest BCUT2D eigenvalue weighted by molar-refractivity contribution is 4.93. The average Bonchev–Trinajstić information content (AvgIpc) is 3.11. The Morgan fingerprint density at radius 1 is 0.462 bits per heavy atom. The maximum absolute atomic E-state index is 10.5. The van der Waals surface area contributed by atoms with Crippen molar-refractivity contribution in [2.24, 2.45) is 0 Å². The Labute approximate surface area is 304 Å². The fourth-order valence-corrected chi connectivity index (χ4v) is 7.85. The summed E-state index contributed by atoms with van der Waals surface area (Å²) in [7, 11) is 6.30. The molecule has 0 aromatic carbocycles. The number of ether oxygens (including phenoxy) is 13. The van der Waals surface area contributed by atoms with Gasteiger partial charge in [0, 0.05) is 54.1 Å². The summed E-state index contributed by atoms with van der Waals surface area (Å²) in [6.45, 7) is 6.76. The van der Waals surface area contributed by atoms with Crippen LogP contribution in [0.2, 0.25) is 0 Å². The Morgan fingerprint density at radius 2 is 0.827 bits per heavy atom. The van der Waals surface area contributed by atoms with E-state index in [2.05, 4.69) is 0 Å². The maximum atomic E-state index is 10.5. The van der Waals surface area contributed by atoms with Crippen LogP contribution in [0, 0.1) is 0 Å². The largest absolute Gasteiger partial charge is 0.394 e. The van der Waals surface area contributed by atoms with Gasteiger partial charge in [0.2, 0.25) is 0 Å². The number of rotatable bonds is 13. The van der Waals surface area contributed by atoms with Gasteiger partial charge in [0.05, 0.1) is 55.4 Å². The van der Waals surface area contributed by atoms with Gasteiger partial charge in [0.15, 0.2) is 31.5 Å². The molecule has 0 aromatic rings. The molecule has 0 radical (unpaired) electrons. The highest BCUT2D eigenvalue weighted by Crippen LogP contribution is 2.36. The van der Waals surface area contributed by atoms with Crippen molar-refractivity contribution in [3.05, 3.63) is 0 Å². The van der Waals surface area contributed by atoms with E-state index in [1.54, 1.807) is 28.3 Å². The van der Waals surface area contributed by atoms with Crippen LogP contribution in [0.15, 0.2) is 0 Å². The second-order valence-electron chi connectivity index (χ2n) is 14.2. The second-order valence-corrected chi connectivity index (χ2v) is 14.2. The molecule has 21 atom stereocenters. The summed E-state index contributed by atoms with van der Waals surface area (Å²) in [5.74, 6) is 0. The third-order valence-electron chi connectivity index (χ3n) is 10.8. The van der Waals surface area contributed by atoms with Crippen molar-refractivity contribution < 1.29 is 87.1 Å². The Kier molecular flexibility index (Phi) is 15.5. The van der Waals surface area contributed by atoms with E-state index in [0.717, 1.165) is 0 Å². The molecule has 5 aliphatic rings. The number of aliphatic hydroxyl groups excluding tert-OH is 5.